The standard InChI is InChI=1S/C18H18N2O3/c1-10-4-2-3-5-12(10)11-6-7-13-14(8-11)20-9-15(21)16(22)17(23)18(20)19-13/h2-8,15-17,21-23H,9H2,1H3/t15-,16-,17-/m1/s1. The molecule has 1 aromatic heterocycles. The number of aromatic nitrogens is 2. The number of nitrogens with zero attached hydrogens (tertiary/aromatic N) is 2. The van der Waals surface area contributed by atoms with Gasteiger partial charge in [0, 0.05) is 0 Å². The molecule has 3 N–H and O–H groups in total. The van der Waals surface area contributed by atoms with Crippen molar-refractivity contribution in [1.29, 1.82) is 0 Å². The lowest BCUT2D eigenvalue weighted by atomic mass is 10.00. The second-order valence-electron chi connectivity index (χ2n) is 6.10. The second-order valence-corrected chi connectivity index (χ2v) is 6.10. The van der Waals surface area contributed by atoms with Crippen molar-refractivity contribution < 1.29 is 15.3 Å². The highest BCUT2D eigenvalue weighted by molar-refractivity contribution is 5.83. The van der Waals surface area contributed by atoms with Crippen LogP contribution < -0.4 is 0 Å². The number of hydrogen-bond donors (Lipinski definition) is 3. The van der Waals surface area contributed by atoms with Crippen LogP contribution in [0.25, 0.3) is 22.2 Å². The van der Waals surface area contributed by atoms with Crippen LogP contribution in [0.3, 0.4) is 0 Å². The smallest absolute Gasteiger partial charge is 0.141 e. The number of benzene rings is 2. The fraction of sp³-hybridized carbons (Fsp3) is 0.278. The summed E-state index contributed by atoms with van der Waals surface area (Å²) in [6.07, 6.45) is -3.37. The van der Waals surface area contributed by atoms with Crippen molar-refractivity contribution >= 4 is 11.0 Å². The topological polar surface area (TPSA) is 78.5 Å². The van der Waals surface area contributed by atoms with E-state index in [0.29, 0.717) is 5.82 Å². The van der Waals surface area contributed by atoms with Gasteiger partial charge in [0.05, 0.1) is 17.6 Å². The van der Waals surface area contributed by atoms with Gasteiger partial charge in [-0.2, -0.15) is 0 Å². The highest BCUT2D eigenvalue weighted by atomic mass is 16.4. The Kier molecular flexibility index (Phi) is 3.23. The summed E-state index contributed by atoms with van der Waals surface area (Å²) in [5.41, 5.74) is 4.99. The third-order valence-electron chi connectivity index (χ3n) is 4.59. The minimum atomic E-state index is -1.20. The van der Waals surface area contributed by atoms with Gasteiger partial charge in [0.1, 0.15) is 24.1 Å². The van der Waals surface area contributed by atoms with E-state index in [0.717, 1.165) is 22.2 Å². The van der Waals surface area contributed by atoms with Crippen LogP contribution in [0.2, 0.25) is 0 Å². The minimum Gasteiger partial charge on any atom is -0.388 e. The van der Waals surface area contributed by atoms with Crippen molar-refractivity contribution in [2.45, 2.75) is 31.8 Å². The number of aliphatic hydroxyl groups excluding tert-OH is 3. The predicted octanol–water partition coefficient (Wildman–Crippen LogP) is 1.78. The first-order valence-corrected chi connectivity index (χ1v) is 7.66. The van der Waals surface area contributed by atoms with Gasteiger partial charge in [-0.15, -0.1) is 0 Å². The average Bonchev–Trinajstić information content (AvgIpc) is 2.91. The van der Waals surface area contributed by atoms with E-state index in [9.17, 15) is 15.3 Å². The van der Waals surface area contributed by atoms with Gasteiger partial charge in [-0.05, 0) is 35.7 Å². The van der Waals surface area contributed by atoms with Gasteiger partial charge in [-0.25, -0.2) is 4.98 Å². The molecule has 4 rings (SSSR count). The van der Waals surface area contributed by atoms with Gasteiger partial charge < -0.3 is 19.9 Å². The molecule has 3 aromatic rings. The number of hydrogen-bond acceptors (Lipinski definition) is 4. The van der Waals surface area contributed by atoms with Gasteiger partial charge in [0.2, 0.25) is 0 Å². The van der Waals surface area contributed by atoms with Crippen LogP contribution in [0, 0.1) is 6.92 Å². The van der Waals surface area contributed by atoms with Crippen molar-refractivity contribution in [2.75, 3.05) is 0 Å². The molecule has 0 fully saturated rings. The number of aryl methyl sites for hydroxylation is 1. The zero-order chi connectivity index (χ0) is 16.1. The van der Waals surface area contributed by atoms with Crippen LogP contribution in [0.5, 0.6) is 0 Å². The van der Waals surface area contributed by atoms with Crippen LogP contribution in [0.1, 0.15) is 17.5 Å². The van der Waals surface area contributed by atoms with Gasteiger partial charge >= 0.3 is 0 Å². The molecule has 1 aliphatic heterocycles. The summed E-state index contributed by atoms with van der Waals surface area (Å²) in [6, 6.07) is 14.1. The summed E-state index contributed by atoms with van der Waals surface area (Å²) in [6.45, 7) is 2.29. The molecule has 2 heterocycles. The van der Waals surface area contributed by atoms with Crippen LogP contribution in [-0.4, -0.2) is 37.1 Å². The van der Waals surface area contributed by atoms with Crippen LogP contribution in [0.4, 0.5) is 0 Å². The molecule has 0 radical (unpaired) electrons. The van der Waals surface area contributed by atoms with Crippen molar-refractivity contribution in [3.05, 3.63) is 53.9 Å². The van der Waals surface area contributed by atoms with Crippen LogP contribution >= 0.6 is 0 Å². The Bertz CT molecular complexity index is 887. The summed E-state index contributed by atoms with van der Waals surface area (Å²) in [5, 5.41) is 29.9. The maximum Gasteiger partial charge on any atom is 0.141 e. The fourth-order valence-electron chi connectivity index (χ4n) is 3.28. The number of rotatable bonds is 1. The zero-order valence-electron chi connectivity index (χ0n) is 12.7. The molecule has 23 heavy (non-hydrogen) atoms. The van der Waals surface area contributed by atoms with E-state index in [2.05, 4.69) is 24.0 Å². The molecular formula is C18H18N2O3. The number of imidazole rings is 1. The Balaban J connectivity index is 1.90. The molecule has 0 amide bonds. The summed E-state index contributed by atoms with van der Waals surface area (Å²) >= 11 is 0. The van der Waals surface area contributed by atoms with Crippen molar-refractivity contribution in [3.8, 4) is 11.1 Å². The maximum atomic E-state index is 10.1. The molecular weight excluding hydrogens is 292 g/mol. The van der Waals surface area contributed by atoms with E-state index in [1.165, 1.54) is 5.56 Å². The lowest BCUT2D eigenvalue weighted by Gasteiger charge is -2.29. The molecule has 3 atom stereocenters. The Morgan fingerprint density at radius 3 is 2.65 bits per heavy atom. The molecule has 5 nitrogen and oxygen atoms in total. The molecule has 0 saturated heterocycles. The lowest BCUT2D eigenvalue weighted by molar-refractivity contribution is -0.0846. The van der Waals surface area contributed by atoms with Crippen molar-refractivity contribution in [2.24, 2.45) is 0 Å². The normalized spacial score (nSPS) is 23.9. The molecule has 118 valence electrons. The van der Waals surface area contributed by atoms with E-state index < -0.39 is 18.3 Å². The minimum absolute atomic E-state index is 0.223. The first-order valence-electron chi connectivity index (χ1n) is 7.66. The third-order valence-corrected chi connectivity index (χ3v) is 4.59. The van der Waals surface area contributed by atoms with Crippen LogP contribution in [0.15, 0.2) is 42.5 Å². The van der Waals surface area contributed by atoms with E-state index in [-0.39, 0.29) is 6.54 Å². The molecule has 2 aromatic carbocycles. The Labute approximate surface area is 133 Å². The molecule has 0 aliphatic carbocycles. The molecule has 5 heteroatoms. The zero-order valence-corrected chi connectivity index (χ0v) is 12.7. The molecule has 0 unspecified atom stereocenters. The number of fused-ring (bicyclic) bond motifs is 3. The highest BCUT2D eigenvalue weighted by Gasteiger charge is 2.35. The van der Waals surface area contributed by atoms with Crippen molar-refractivity contribution in [1.82, 2.24) is 9.55 Å². The molecule has 0 bridgehead atoms. The van der Waals surface area contributed by atoms with Gasteiger partial charge in [0.25, 0.3) is 0 Å². The lowest BCUT2D eigenvalue weighted by Crippen LogP contribution is -2.41. The molecule has 1 aliphatic rings. The Morgan fingerprint density at radius 2 is 1.87 bits per heavy atom. The quantitative estimate of drug-likeness (QED) is 0.640. The monoisotopic (exact) mass is 310 g/mol. The first-order chi connectivity index (χ1) is 11.1. The Morgan fingerprint density at radius 1 is 1.09 bits per heavy atom. The van der Waals surface area contributed by atoms with Crippen molar-refractivity contribution in [3.63, 3.8) is 0 Å². The van der Waals surface area contributed by atoms with E-state index in [1.54, 1.807) is 4.57 Å². The van der Waals surface area contributed by atoms with Gasteiger partial charge in [-0.3, -0.25) is 0 Å². The summed E-state index contributed by atoms with van der Waals surface area (Å²) in [5.74, 6) is 0.403. The molecule has 0 spiro atoms. The predicted molar refractivity (Wildman–Crippen MR) is 86.9 cm³/mol. The number of aliphatic hydroxyl groups is 3. The summed E-state index contributed by atoms with van der Waals surface area (Å²) < 4.78 is 1.79. The summed E-state index contributed by atoms with van der Waals surface area (Å²) in [4.78, 5) is 4.42. The second kappa shape index (κ2) is 5.16. The average molecular weight is 310 g/mol. The summed E-state index contributed by atoms with van der Waals surface area (Å²) in [7, 11) is 0. The molecule has 0 saturated carbocycles. The SMILES string of the molecule is Cc1ccccc1-c1ccc2nc3n(c2c1)C[C@@H](O)[C@@H](O)[C@H]3O. The fourth-order valence-corrected chi connectivity index (χ4v) is 3.28. The first kappa shape index (κ1) is 14.4. The van der Waals surface area contributed by atoms with Crippen LogP contribution in [-0.2, 0) is 6.54 Å². The largest absolute Gasteiger partial charge is 0.388 e. The van der Waals surface area contributed by atoms with Gasteiger partial charge in [0.15, 0.2) is 0 Å². The maximum absolute atomic E-state index is 10.1. The Hall–Kier alpha value is -2.21. The highest BCUT2D eigenvalue weighted by Crippen LogP contribution is 2.32. The van der Waals surface area contributed by atoms with Gasteiger partial charge in [-0.1, -0.05) is 30.3 Å². The van der Waals surface area contributed by atoms with E-state index in [1.807, 2.05) is 30.3 Å². The van der Waals surface area contributed by atoms with E-state index >= 15 is 0 Å². The van der Waals surface area contributed by atoms with E-state index in [4.69, 9.17) is 0 Å². The third kappa shape index (κ3) is 2.16.